The van der Waals surface area contributed by atoms with Gasteiger partial charge in [0.25, 0.3) is 0 Å². The highest BCUT2D eigenvalue weighted by atomic mass is 16.2. The van der Waals surface area contributed by atoms with Gasteiger partial charge in [-0.2, -0.15) is 0 Å². The van der Waals surface area contributed by atoms with Crippen molar-refractivity contribution in [1.29, 1.82) is 0 Å². The van der Waals surface area contributed by atoms with Gasteiger partial charge in [-0.1, -0.05) is 91.9 Å². The second-order valence-electron chi connectivity index (χ2n) is 11.9. The molecule has 1 atom stereocenters. The SMILES string of the molecule is CCCN(C(=O)NCc1ccccc1)N1CCN(Cc2cccc3ccccc23)C(=O)[C@H](Cc2ccc(N(C)C)cc2)NC(=O)C1. The molecule has 4 aromatic carbocycles. The fourth-order valence-electron chi connectivity index (χ4n) is 5.86. The molecule has 9 nitrogen and oxygen atoms in total. The van der Waals surface area contributed by atoms with Crippen LogP contribution in [0.3, 0.4) is 0 Å². The summed E-state index contributed by atoms with van der Waals surface area (Å²) in [5.41, 5.74) is 4.04. The van der Waals surface area contributed by atoms with Crippen molar-refractivity contribution < 1.29 is 14.4 Å². The van der Waals surface area contributed by atoms with Gasteiger partial charge in [0, 0.05) is 58.9 Å². The van der Waals surface area contributed by atoms with Gasteiger partial charge in [-0.25, -0.2) is 9.80 Å². The highest BCUT2D eigenvalue weighted by Gasteiger charge is 2.32. The topological polar surface area (TPSA) is 88.2 Å². The molecule has 0 bridgehead atoms. The number of amides is 4. The highest BCUT2D eigenvalue weighted by Crippen LogP contribution is 2.22. The van der Waals surface area contributed by atoms with E-state index in [9.17, 15) is 14.4 Å². The predicted molar refractivity (Wildman–Crippen MR) is 183 cm³/mol. The largest absolute Gasteiger partial charge is 0.378 e. The zero-order valence-corrected chi connectivity index (χ0v) is 27.0. The number of carbonyl (C=O) groups excluding carboxylic acids is 3. The minimum absolute atomic E-state index is 0.0375. The molecule has 0 unspecified atom stereocenters. The van der Waals surface area contributed by atoms with E-state index >= 15 is 0 Å². The molecular formula is C37H44N6O3. The van der Waals surface area contributed by atoms with Crippen LogP contribution in [0, 0.1) is 0 Å². The molecule has 0 spiro atoms. The Hall–Kier alpha value is -4.89. The fraction of sp³-hybridized carbons (Fsp3) is 0.324. The first kappa shape index (κ1) is 32.5. The number of benzene rings is 4. The van der Waals surface area contributed by atoms with Crippen molar-refractivity contribution >= 4 is 34.3 Å². The first-order chi connectivity index (χ1) is 22.3. The van der Waals surface area contributed by atoms with E-state index in [-0.39, 0.29) is 24.4 Å². The van der Waals surface area contributed by atoms with Gasteiger partial charge >= 0.3 is 6.03 Å². The van der Waals surface area contributed by atoms with Crippen LogP contribution in [-0.4, -0.2) is 79.1 Å². The summed E-state index contributed by atoms with van der Waals surface area (Å²) in [5, 5.41) is 11.6. The Morgan fingerprint density at radius 1 is 0.870 bits per heavy atom. The number of rotatable bonds is 10. The van der Waals surface area contributed by atoms with Crippen LogP contribution in [0.25, 0.3) is 10.8 Å². The zero-order chi connectivity index (χ0) is 32.5. The van der Waals surface area contributed by atoms with Gasteiger partial charge in [-0.05, 0) is 46.0 Å². The molecule has 1 heterocycles. The van der Waals surface area contributed by atoms with Gasteiger partial charge in [0.15, 0.2) is 0 Å². The second kappa shape index (κ2) is 15.4. The lowest BCUT2D eigenvalue weighted by atomic mass is 10.0. The normalized spacial score (nSPS) is 15.9. The van der Waals surface area contributed by atoms with Crippen LogP contribution in [0.15, 0.2) is 97.1 Å². The number of carbonyl (C=O) groups is 3. The van der Waals surface area contributed by atoms with E-state index in [1.165, 1.54) is 0 Å². The van der Waals surface area contributed by atoms with Crippen molar-refractivity contribution in [1.82, 2.24) is 25.6 Å². The van der Waals surface area contributed by atoms with E-state index in [2.05, 4.69) is 28.8 Å². The molecule has 1 aliphatic heterocycles. The van der Waals surface area contributed by atoms with Gasteiger partial charge in [-0.3, -0.25) is 14.6 Å². The molecule has 2 N–H and O–H groups in total. The van der Waals surface area contributed by atoms with E-state index in [4.69, 9.17) is 0 Å². The molecule has 9 heteroatoms. The van der Waals surface area contributed by atoms with Crippen molar-refractivity contribution in [2.45, 2.75) is 38.9 Å². The van der Waals surface area contributed by atoms with E-state index in [1.54, 1.807) is 10.0 Å². The first-order valence-corrected chi connectivity index (χ1v) is 16.0. The third kappa shape index (κ3) is 8.22. The summed E-state index contributed by atoms with van der Waals surface area (Å²) in [5.74, 6) is -0.442. The fourth-order valence-corrected chi connectivity index (χ4v) is 5.86. The number of hydrazine groups is 1. The van der Waals surface area contributed by atoms with Crippen molar-refractivity contribution in [2.75, 3.05) is 45.2 Å². The Labute approximate surface area is 271 Å². The van der Waals surface area contributed by atoms with Crippen LogP contribution >= 0.6 is 0 Å². The number of hydrogen-bond acceptors (Lipinski definition) is 5. The Balaban J connectivity index is 1.42. The molecule has 0 radical (unpaired) electrons. The van der Waals surface area contributed by atoms with Gasteiger partial charge in [0.05, 0.1) is 6.54 Å². The maximum absolute atomic E-state index is 14.3. The average molecular weight is 621 g/mol. The molecule has 5 rings (SSSR count). The van der Waals surface area contributed by atoms with E-state index in [0.29, 0.717) is 45.6 Å². The monoisotopic (exact) mass is 620 g/mol. The number of hydrogen-bond donors (Lipinski definition) is 2. The van der Waals surface area contributed by atoms with E-state index in [1.807, 2.05) is 110 Å². The molecule has 0 aliphatic carbocycles. The molecule has 1 aliphatic rings. The Morgan fingerprint density at radius 3 is 2.33 bits per heavy atom. The summed E-state index contributed by atoms with van der Waals surface area (Å²) < 4.78 is 0. The van der Waals surface area contributed by atoms with Crippen molar-refractivity contribution in [3.05, 3.63) is 114 Å². The highest BCUT2D eigenvalue weighted by molar-refractivity contribution is 5.90. The molecule has 0 aromatic heterocycles. The third-order valence-corrected chi connectivity index (χ3v) is 8.33. The molecule has 46 heavy (non-hydrogen) atoms. The summed E-state index contributed by atoms with van der Waals surface area (Å²) in [6, 6.07) is 31.0. The standard InChI is InChI=1S/C37H44N6O3/c1-4-21-43(37(46)38-25-29-11-6-5-7-12-29)42-23-22-41(26-31-15-10-14-30-13-8-9-16-33(30)31)36(45)34(39-35(44)27-42)24-28-17-19-32(20-18-28)40(2)3/h5-20,34H,4,21-27H2,1-3H3,(H,38,46)(H,39,44)/t34-/m0/s1. The number of nitrogens with zero attached hydrogens (tertiary/aromatic N) is 4. The lowest BCUT2D eigenvalue weighted by Gasteiger charge is -2.35. The number of anilines is 1. The third-order valence-electron chi connectivity index (χ3n) is 8.33. The van der Waals surface area contributed by atoms with Gasteiger partial charge in [0.1, 0.15) is 6.04 Å². The summed E-state index contributed by atoms with van der Waals surface area (Å²) >= 11 is 0. The van der Waals surface area contributed by atoms with Crippen LogP contribution < -0.4 is 15.5 Å². The predicted octanol–water partition coefficient (Wildman–Crippen LogP) is 4.81. The van der Waals surface area contributed by atoms with Crippen LogP contribution in [0.5, 0.6) is 0 Å². The van der Waals surface area contributed by atoms with Gasteiger partial charge in [0.2, 0.25) is 11.8 Å². The number of nitrogens with one attached hydrogen (secondary N) is 2. The minimum Gasteiger partial charge on any atom is -0.378 e. The summed E-state index contributed by atoms with van der Waals surface area (Å²) in [6.07, 6.45) is 1.07. The van der Waals surface area contributed by atoms with Gasteiger partial charge in [-0.15, -0.1) is 0 Å². The number of fused-ring (bicyclic) bond motifs is 1. The smallest absolute Gasteiger partial charge is 0.332 e. The minimum atomic E-state index is -0.751. The molecule has 4 amide bonds. The van der Waals surface area contributed by atoms with Crippen molar-refractivity contribution in [3.63, 3.8) is 0 Å². The quantitative estimate of drug-likeness (QED) is 0.266. The summed E-state index contributed by atoms with van der Waals surface area (Å²) in [6.45, 7) is 3.83. The molecule has 240 valence electrons. The maximum Gasteiger partial charge on any atom is 0.332 e. The zero-order valence-electron chi connectivity index (χ0n) is 27.0. The van der Waals surface area contributed by atoms with Crippen molar-refractivity contribution in [3.8, 4) is 0 Å². The molecule has 1 fully saturated rings. The molecular weight excluding hydrogens is 576 g/mol. The molecule has 4 aromatic rings. The lowest BCUT2D eigenvalue weighted by Crippen LogP contribution is -2.55. The molecule has 1 saturated heterocycles. The van der Waals surface area contributed by atoms with E-state index in [0.717, 1.165) is 33.2 Å². The maximum atomic E-state index is 14.3. The lowest BCUT2D eigenvalue weighted by molar-refractivity contribution is -0.136. The summed E-state index contributed by atoms with van der Waals surface area (Å²) in [7, 11) is 3.97. The van der Waals surface area contributed by atoms with E-state index < -0.39 is 6.04 Å². The Morgan fingerprint density at radius 2 is 1.59 bits per heavy atom. The molecule has 0 saturated carbocycles. The van der Waals surface area contributed by atoms with Crippen LogP contribution in [0.4, 0.5) is 10.5 Å². The van der Waals surface area contributed by atoms with Crippen LogP contribution in [-0.2, 0) is 29.1 Å². The number of urea groups is 1. The Kier molecular flexibility index (Phi) is 10.9. The van der Waals surface area contributed by atoms with Crippen LogP contribution in [0.2, 0.25) is 0 Å². The van der Waals surface area contributed by atoms with Crippen LogP contribution in [0.1, 0.15) is 30.0 Å². The van der Waals surface area contributed by atoms with Gasteiger partial charge < -0.3 is 20.4 Å². The first-order valence-electron chi connectivity index (χ1n) is 16.0. The van der Waals surface area contributed by atoms with Crippen molar-refractivity contribution in [2.24, 2.45) is 0 Å². The Bertz CT molecular complexity index is 1620. The average Bonchev–Trinajstić information content (AvgIpc) is 3.12. The second-order valence-corrected chi connectivity index (χ2v) is 11.9. The summed E-state index contributed by atoms with van der Waals surface area (Å²) in [4.78, 5) is 45.2.